The van der Waals surface area contributed by atoms with Crippen LogP contribution >= 0.6 is 7.60 Å². The second-order valence-electron chi connectivity index (χ2n) is 11.1. The first-order valence-electron chi connectivity index (χ1n) is 15.9. The van der Waals surface area contributed by atoms with E-state index in [1.165, 1.54) is 83.5 Å². The van der Waals surface area contributed by atoms with Crippen LogP contribution in [0.1, 0.15) is 136 Å². The van der Waals surface area contributed by atoms with Crippen molar-refractivity contribution in [2.45, 2.75) is 142 Å². The molecule has 0 saturated carbocycles. The molecule has 0 aliphatic carbocycles. The van der Waals surface area contributed by atoms with Crippen LogP contribution in [0.5, 0.6) is 0 Å². The van der Waals surface area contributed by atoms with Crippen molar-refractivity contribution in [2.75, 3.05) is 45.6 Å². The molecule has 1 saturated heterocycles. The Morgan fingerprint density at radius 1 is 0.789 bits per heavy atom. The Morgan fingerprint density at radius 3 is 1.84 bits per heavy atom. The van der Waals surface area contributed by atoms with Crippen LogP contribution in [0.3, 0.4) is 0 Å². The summed E-state index contributed by atoms with van der Waals surface area (Å²) >= 11 is 0. The van der Waals surface area contributed by atoms with Gasteiger partial charge >= 0.3 is 13.6 Å². The average molecular weight is 562 g/mol. The molecule has 2 unspecified atom stereocenters. The zero-order valence-corrected chi connectivity index (χ0v) is 25.7. The Morgan fingerprint density at radius 2 is 1.32 bits per heavy atom. The minimum Gasteiger partial charge on any atom is -0.457 e. The van der Waals surface area contributed by atoms with Gasteiger partial charge in [0.1, 0.15) is 6.10 Å². The second-order valence-corrected chi connectivity index (χ2v) is 13.1. The Labute approximate surface area is 234 Å². The van der Waals surface area contributed by atoms with E-state index in [1.807, 2.05) is 6.92 Å². The first kappa shape index (κ1) is 35.6. The summed E-state index contributed by atoms with van der Waals surface area (Å²) in [6, 6.07) is 0. The van der Waals surface area contributed by atoms with Crippen LogP contribution in [0.4, 0.5) is 0 Å². The molecule has 8 heteroatoms. The summed E-state index contributed by atoms with van der Waals surface area (Å²) in [6.07, 6.45) is 22.6. The molecule has 1 heterocycles. The Balaban J connectivity index is 2.07. The third kappa shape index (κ3) is 21.4. The fourth-order valence-corrected chi connectivity index (χ4v) is 5.96. The minimum absolute atomic E-state index is 0.0998. The highest BCUT2D eigenvalue weighted by Gasteiger charge is 2.25. The topological polar surface area (TPSA) is 85.3 Å². The zero-order chi connectivity index (χ0) is 27.7. The van der Waals surface area contributed by atoms with Gasteiger partial charge in [0, 0.05) is 19.6 Å². The molecular formula is C30H60NO6P. The first-order chi connectivity index (χ1) is 18.5. The zero-order valence-electron chi connectivity index (χ0n) is 24.8. The summed E-state index contributed by atoms with van der Waals surface area (Å²) in [5.74, 6) is -0.318. The number of likely N-dealkylation sites (tertiary alicyclic amines) is 1. The number of esters is 1. The number of carbonyl (C=O) groups is 1. The average Bonchev–Trinajstić information content (AvgIpc) is 3.42. The van der Waals surface area contributed by atoms with E-state index < -0.39 is 13.7 Å². The third-order valence-electron chi connectivity index (χ3n) is 7.31. The monoisotopic (exact) mass is 561 g/mol. The maximum absolute atomic E-state index is 12.4. The van der Waals surface area contributed by atoms with Gasteiger partial charge in [0.2, 0.25) is 0 Å². The summed E-state index contributed by atoms with van der Waals surface area (Å²) in [4.78, 5) is 24.4. The number of nitrogens with zero attached hydrogens (tertiary/aromatic N) is 1. The fraction of sp³-hybridized carbons (Fsp3) is 0.967. The van der Waals surface area contributed by atoms with E-state index >= 15 is 0 Å². The van der Waals surface area contributed by atoms with Crippen molar-refractivity contribution < 1.29 is 28.3 Å². The van der Waals surface area contributed by atoms with E-state index in [9.17, 15) is 14.3 Å². The van der Waals surface area contributed by atoms with Gasteiger partial charge in [0.25, 0.3) is 0 Å². The van der Waals surface area contributed by atoms with Crippen LogP contribution in [0.15, 0.2) is 0 Å². The molecule has 38 heavy (non-hydrogen) atoms. The van der Waals surface area contributed by atoms with Crippen molar-refractivity contribution in [3.8, 4) is 0 Å². The van der Waals surface area contributed by atoms with Gasteiger partial charge in [0.15, 0.2) is 0 Å². The number of unbranched alkanes of at least 4 members (excludes halogenated alkanes) is 14. The molecule has 0 radical (unpaired) electrons. The number of hydrogen-bond donors (Lipinski definition) is 1. The molecule has 0 amide bonds. The SMILES string of the molecule is CCCCCCCCCCCCCCCCCOCC(COP(=O)(O)CCN1CCCC1)OC(=O)CCC. The van der Waals surface area contributed by atoms with Gasteiger partial charge in [-0.1, -0.05) is 104 Å². The third-order valence-corrected chi connectivity index (χ3v) is 8.63. The van der Waals surface area contributed by atoms with Gasteiger partial charge in [-0.25, -0.2) is 0 Å². The molecule has 1 rings (SSSR count). The number of hydrogen-bond acceptors (Lipinski definition) is 6. The van der Waals surface area contributed by atoms with Crippen LogP contribution in [0.2, 0.25) is 0 Å². The van der Waals surface area contributed by atoms with Crippen LogP contribution in [0, 0.1) is 0 Å². The van der Waals surface area contributed by atoms with Crippen LogP contribution in [0.25, 0.3) is 0 Å². The standard InChI is InChI=1S/C30H60NO6P/c1-3-5-6-7-8-9-10-11-12-13-14-15-16-17-20-25-35-27-29(37-30(32)21-4-2)28-36-38(33,34)26-24-31-22-18-19-23-31/h29H,3-28H2,1-2H3,(H,33,34). The molecule has 226 valence electrons. The van der Waals surface area contributed by atoms with Gasteiger partial charge in [-0.05, 0) is 38.8 Å². The van der Waals surface area contributed by atoms with E-state index in [0.29, 0.717) is 26.0 Å². The summed E-state index contributed by atoms with van der Waals surface area (Å²) in [6.45, 7) is 7.39. The first-order valence-corrected chi connectivity index (χ1v) is 17.7. The number of carbonyl (C=O) groups excluding carboxylic acids is 1. The highest BCUT2D eigenvalue weighted by atomic mass is 31.2. The van der Waals surface area contributed by atoms with Gasteiger partial charge in [-0.15, -0.1) is 0 Å². The molecule has 1 aliphatic heterocycles. The smallest absolute Gasteiger partial charge is 0.329 e. The molecule has 0 aromatic heterocycles. The predicted molar refractivity (Wildman–Crippen MR) is 157 cm³/mol. The predicted octanol–water partition coefficient (Wildman–Crippen LogP) is 7.88. The van der Waals surface area contributed by atoms with Gasteiger partial charge < -0.3 is 23.8 Å². The molecule has 0 aromatic carbocycles. The summed E-state index contributed by atoms with van der Waals surface area (Å²) < 4.78 is 29.0. The fourth-order valence-electron chi connectivity index (χ4n) is 4.89. The highest BCUT2D eigenvalue weighted by molar-refractivity contribution is 7.52. The lowest BCUT2D eigenvalue weighted by Gasteiger charge is -2.21. The number of ether oxygens (including phenoxy) is 2. The molecule has 0 aromatic rings. The van der Waals surface area contributed by atoms with Gasteiger partial charge in [-0.2, -0.15) is 0 Å². The van der Waals surface area contributed by atoms with E-state index in [0.717, 1.165) is 38.8 Å². The lowest BCUT2D eigenvalue weighted by atomic mass is 10.0. The van der Waals surface area contributed by atoms with Crippen molar-refractivity contribution in [3.05, 3.63) is 0 Å². The van der Waals surface area contributed by atoms with Crippen LogP contribution in [-0.2, 0) is 23.4 Å². The molecule has 7 nitrogen and oxygen atoms in total. The van der Waals surface area contributed by atoms with Gasteiger partial charge in [-0.3, -0.25) is 9.36 Å². The maximum Gasteiger partial charge on any atom is 0.329 e. The quantitative estimate of drug-likeness (QED) is 0.0620. The van der Waals surface area contributed by atoms with Crippen molar-refractivity contribution in [1.29, 1.82) is 0 Å². The maximum atomic E-state index is 12.4. The normalized spacial score (nSPS) is 16.5. The summed E-state index contributed by atoms with van der Waals surface area (Å²) in [5, 5.41) is 0. The van der Waals surface area contributed by atoms with Crippen molar-refractivity contribution in [1.82, 2.24) is 4.90 Å². The molecule has 0 spiro atoms. The van der Waals surface area contributed by atoms with Crippen LogP contribution in [-0.4, -0.2) is 67.5 Å². The summed E-state index contributed by atoms with van der Waals surface area (Å²) in [5.41, 5.74) is 0. The van der Waals surface area contributed by atoms with Gasteiger partial charge in [0.05, 0.1) is 19.4 Å². The van der Waals surface area contributed by atoms with E-state index in [-0.39, 0.29) is 25.3 Å². The lowest BCUT2D eigenvalue weighted by molar-refractivity contribution is -0.154. The van der Waals surface area contributed by atoms with Crippen molar-refractivity contribution >= 4 is 13.6 Å². The van der Waals surface area contributed by atoms with E-state index in [1.54, 1.807) is 0 Å². The largest absolute Gasteiger partial charge is 0.457 e. The molecule has 0 bridgehead atoms. The molecule has 1 fully saturated rings. The molecular weight excluding hydrogens is 501 g/mol. The van der Waals surface area contributed by atoms with Crippen molar-refractivity contribution in [2.24, 2.45) is 0 Å². The van der Waals surface area contributed by atoms with E-state index in [4.69, 9.17) is 14.0 Å². The molecule has 1 N–H and O–H groups in total. The second kappa shape index (κ2) is 24.3. The molecule has 2 atom stereocenters. The number of rotatable bonds is 27. The Bertz CT molecular complexity index is 599. The highest BCUT2D eigenvalue weighted by Crippen LogP contribution is 2.42. The Kier molecular flexibility index (Phi) is 22.8. The Hall–Kier alpha value is -0.460. The lowest BCUT2D eigenvalue weighted by Crippen LogP contribution is -2.29. The summed E-state index contributed by atoms with van der Waals surface area (Å²) in [7, 11) is -3.72. The van der Waals surface area contributed by atoms with Crippen molar-refractivity contribution in [3.63, 3.8) is 0 Å². The minimum atomic E-state index is -3.72. The van der Waals surface area contributed by atoms with E-state index in [2.05, 4.69) is 11.8 Å². The molecule has 1 aliphatic rings. The van der Waals surface area contributed by atoms with Crippen LogP contribution < -0.4 is 0 Å².